The highest BCUT2D eigenvalue weighted by Gasteiger charge is 2.45. The smallest absolute Gasteiger partial charge is 0.234 e. The fourth-order valence-corrected chi connectivity index (χ4v) is 3.48. The molecule has 3 atom stereocenters. The topological polar surface area (TPSA) is 99.2 Å². The maximum atomic E-state index is 12.7. The van der Waals surface area contributed by atoms with E-state index in [1.54, 1.807) is 0 Å². The molecule has 2 aliphatic rings. The van der Waals surface area contributed by atoms with Crippen LogP contribution >= 0.6 is 0 Å². The second-order valence-corrected chi connectivity index (χ2v) is 6.00. The SMILES string of the molecule is CC(C)C(C(=O)N1C2CCC1CC(O)C2)C(N)=NO. The van der Waals surface area contributed by atoms with Gasteiger partial charge in [0.05, 0.1) is 6.10 Å². The summed E-state index contributed by atoms with van der Waals surface area (Å²) in [6.45, 7) is 3.78. The Bertz CT molecular complexity index is 369. The van der Waals surface area contributed by atoms with Crippen molar-refractivity contribution in [2.24, 2.45) is 22.7 Å². The molecule has 2 fully saturated rings. The molecule has 2 rings (SSSR count). The van der Waals surface area contributed by atoms with Gasteiger partial charge in [-0.25, -0.2) is 0 Å². The van der Waals surface area contributed by atoms with Crippen LogP contribution < -0.4 is 5.73 Å². The predicted octanol–water partition coefficient (Wildman–Crippen LogP) is 0.519. The number of carbonyl (C=O) groups excluding carboxylic acids is 1. The number of nitrogens with two attached hydrogens (primary N) is 1. The normalized spacial score (nSPS) is 32.7. The second kappa shape index (κ2) is 5.36. The molecule has 2 saturated heterocycles. The summed E-state index contributed by atoms with van der Waals surface area (Å²) < 4.78 is 0. The molecule has 108 valence electrons. The fourth-order valence-electron chi connectivity index (χ4n) is 3.48. The highest BCUT2D eigenvalue weighted by Crippen LogP contribution is 2.37. The van der Waals surface area contributed by atoms with Gasteiger partial charge in [0.15, 0.2) is 5.84 Å². The number of nitrogens with zero attached hydrogens (tertiary/aromatic N) is 2. The van der Waals surface area contributed by atoms with Gasteiger partial charge in [-0.3, -0.25) is 4.79 Å². The lowest BCUT2D eigenvalue weighted by Gasteiger charge is -2.39. The zero-order valence-corrected chi connectivity index (χ0v) is 11.5. The average molecular weight is 269 g/mol. The summed E-state index contributed by atoms with van der Waals surface area (Å²) in [5.41, 5.74) is 5.67. The average Bonchev–Trinajstić information content (AvgIpc) is 2.61. The van der Waals surface area contributed by atoms with Crippen molar-refractivity contribution in [3.05, 3.63) is 0 Å². The molecule has 4 N–H and O–H groups in total. The standard InChI is InChI=1S/C13H23N3O3/c1-7(2)11(12(14)15-19)13(18)16-8-3-4-9(16)6-10(17)5-8/h7-11,17,19H,3-6H2,1-2H3,(H2,14,15). The maximum absolute atomic E-state index is 12.7. The van der Waals surface area contributed by atoms with E-state index < -0.39 is 5.92 Å². The van der Waals surface area contributed by atoms with Crippen molar-refractivity contribution in [3.8, 4) is 0 Å². The third-order valence-corrected chi connectivity index (χ3v) is 4.33. The van der Waals surface area contributed by atoms with Crippen molar-refractivity contribution in [2.75, 3.05) is 0 Å². The van der Waals surface area contributed by atoms with Gasteiger partial charge in [-0.1, -0.05) is 19.0 Å². The number of piperidine rings is 1. The highest BCUT2D eigenvalue weighted by atomic mass is 16.4. The predicted molar refractivity (Wildman–Crippen MR) is 70.6 cm³/mol. The fraction of sp³-hybridized carbons (Fsp3) is 0.846. The molecular weight excluding hydrogens is 246 g/mol. The maximum Gasteiger partial charge on any atom is 0.234 e. The summed E-state index contributed by atoms with van der Waals surface area (Å²) in [4.78, 5) is 14.6. The van der Waals surface area contributed by atoms with E-state index in [4.69, 9.17) is 10.9 Å². The zero-order valence-electron chi connectivity index (χ0n) is 11.5. The molecule has 19 heavy (non-hydrogen) atoms. The van der Waals surface area contributed by atoms with Crippen LogP contribution in [-0.2, 0) is 4.79 Å². The van der Waals surface area contributed by atoms with E-state index in [1.807, 2.05) is 18.7 Å². The number of aliphatic hydroxyl groups excluding tert-OH is 1. The van der Waals surface area contributed by atoms with Crippen LogP contribution in [0.2, 0.25) is 0 Å². The summed E-state index contributed by atoms with van der Waals surface area (Å²) >= 11 is 0. The summed E-state index contributed by atoms with van der Waals surface area (Å²) in [6, 6.07) is 0.211. The first-order valence-electron chi connectivity index (χ1n) is 6.93. The van der Waals surface area contributed by atoms with Crippen LogP contribution in [0, 0.1) is 11.8 Å². The zero-order chi connectivity index (χ0) is 14.2. The van der Waals surface area contributed by atoms with Crippen LogP contribution in [-0.4, -0.2) is 45.1 Å². The largest absolute Gasteiger partial charge is 0.409 e. The molecule has 1 amide bonds. The summed E-state index contributed by atoms with van der Waals surface area (Å²) in [7, 11) is 0. The van der Waals surface area contributed by atoms with Gasteiger partial charge in [0.2, 0.25) is 5.91 Å². The van der Waals surface area contributed by atoms with Crippen LogP contribution in [0.5, 0.6) is 0 Å². The molecule has 0 saturated carbocycles. The number of aliphatic hydroxyl groups is 1. The van der Waals surface area contributed by atoms with Gasteiger partial charge in [-0.2, -0.15) is 0 Å². The molecule has 0 aromatic heterocycles. The Morgan fingerprint density at radius 1 is 1.32 bits per heavy atom. The van der Waals surface area contributed by atoms with E-state index in [2.05, 4.69) is 5.16 Å². The van der Waals surface area contributed by atoms with Crippen LogP contribution in [0.1, 0.15) is 39.5 Å². The number of hydrogen-bond donors (Lipinski definition) is 3. The number of oxime groups is 1. The van der Waals surface area contributed by atoms with Crippen LogP contribution in [0.3, 0.4) is 0 Å². The first-order valence-corrected chi connectivity index (χ1v) is 6.93. The van der Waals surface area contributed by atoms with Gasteiger partial charge in [-0.05, 0) is 31.6 Å². The number of rotatable bonds is 3. The van der Waals surface area contributed by atoms with Gasteiger partial charge >= 0.3 is 0 Å². The van der Waals surface area contributed by atoms with E-state index in [-0.39, 0.29) is 35.8 Å². The minimum absolute atomic E-state index is 0.0188. The Kier molecular flexibility index (Phi) is 3.99. The Morgan fingerprint density at radius 2 is 1.84 bits per heavy atom. The van der Waals surface area contributed by atoms with Gasteiger partial charge in [0.25, 0.3) is 0 Å². The highest BCUT2D eigenvalue weighted by molar-refractivity contribution is 6.02. The van der Waals surface area contributed by atoms with Crippen molar-refractivity contribution in [2.45, 2.75) is 57.7 Å². The number of amides is 1. The van der Waals surface area contributed by atoms with Crippen molar-refractivity contribution in [3.63, 3.8) is 0 Å². The lowest BCUT2D eigenvalue weighted by Crippen LogP contribution is -2.53. The lowest BCUT2D eigenvalue weighted by molar-refractivity contribution is -0.140. The number of amidine groups is 1. The molecule has 6 heteroatoms. The second-order valence-electron chi connectivity index (χ2n) is 6.00. The molecule has 2 heterocycles. The Hall–Kier alpha value is -1.30. The molecule has 0 aliphatic carbocycles. The van der Waals surface area contributed by atoms with E-state index in [0.29, 0.717) is 12.8 Å². The van der Waals surface area contributed by atoms with Crippen LogP contribution in [0.4, 0.5) is 0 Å². The third-order valence-electron chi connectivity index (χ3n) is 4.33. The minimum Gasteiger partial charge on any atom is -0.409 e. The Morgan fingerprint density at radius 3 is 2.26 bits per heavy atom. The molecule has 0 radical (unpaired) electrons. The molecule has 0 aromatic carbocycles. The lowest BCUT2D eigenvalue weighted by atomic mass is 9.90. The van der Waals surface area contributed by atoms with Crippen molar-refractivity contribution in [1.29, 1.82) is 0 Å². The molecule has 0 aromatic rings. The van der Waals surface area contributed by atoms with Gasteiger partial charge in [0.1, 0.15) is 5.92 Å². The van der Waals surface area contributed by atoms with E-state index in [9.17, 15) is 9.90 Å². The Balaban J connectivity index is 2.19. The Labute approximate surface area is 113 Å². The van der Waals surface area contributed by atoms with Crippen LogP contribution in [0.15, 0.2) is 5.16 Å². The molecule has 0 spiro atoms. The van der Waals surface area contributed by atoms with Crippen molar-refractivity contribution >= 4 is 11.7 Å². The first kappa shape index (κ1) is 14.1. The summed E-state index contributed by atoms with van der Waals surface area (Å²) in [6.07, 6.45) is 2.86. The number of carbonyl (C=O) groups is 1. The monoisotopic (exact) mass is 269 g/mol. The number of fused-ring (bicyclic) bond motifs is 2. The molecule has 2 bridgehead atoms. The van der Waals surface area contributed by atoms with Gasteiger partial charge in [0, 0.05) is 12.1 Å². The minimum atomic E-state index is -0.580. The number of hydrogen-bond acceptors (Lipinski definition) is 4. The summed E-state index contributed by atoms with van der Waals surface area (Å²) in [5.74, 6) is -0.687. The van der Waals surface area contributed by atoms with E-state index in [1.165, 1.54) is 0 Å². The van der Waals surface area contributed by atoms with Gasteiger partial charge < -0.3 is 20.9 Å². The van der Waals surface area contributed by atoms with Crippen molar-refractivity contribution in [1.82, 2.24) is 4.90 Å². The van der Waals surface area contributed by atoms with E-state index >= 15 is 0 Å². The first-order chi connectivity index (χ1) is 8.95. The van der Waals surface area contributed by atoms with Gasteiger partial charge in [-0.15, -0.1) is 0 Å². The van der Waals surface area contributed by atoms with E-state index in [0.717, 1.165) is 12.8 Å². The third kappa shape index (κ3) is 2.54. The van der Waals surface area contributed by atoms with Crippen molar-refractivity contribution < 1.29 is 15.1 Å². The summed E-state index contributed by atoms with van der Waals surface area (Å²) in [5, 5.41) is 21.6. The molecular formula is C13H23N3O3. The molecule has 3 unspecified atom stereocenters. The quantitative estimate of drug-likeness (QED) is 0.301. The molecule has 2 aliphatic heterocycles. The molecule has 6 nitrogen and oxygen atoms in total. The van der Waals surface area contributed by atoms with Crippen LogP contribution in [0.25, 0.3) is 0 Å².